The van der Waals surface area contributed by atoms with Crippen LogP contribution in [0.5, 0.6) is 0 Å². The lowest BCUT2D eigenvalue weighted by Crippen LogP contribution is -2.36. The van der Waals surface area contributed by atoms with Crippen LogP contribution in [0, 0.1) is 5.92 Å². The number of carboxylic acids is 1. The third-order valence-corrected chi connectivity index (χ3v) is 3.80. The first-order chi connectivity index (χ1) is 9.08. The minimum Gasteiger partial charge on any atom is -0.481 e. The number of hydrogen-bond acceptors (Lipinski definition) is 3. The van der Waals surface area contributed by atoms with Gasteiger partial charge in [-0.1, -0.05) is 18.2 Å². The molecule has 0 saturated carbocycles. The molecule has 1 N–H and O–H groups in total. The Morgan fingerprint density at radius 3 is 2.53 bits per heavy atom. The molecular weight excluding hydrogens is 240 g/mol. The highest BCUT2D eigenvalue weighted by atomic mass is 16.4. The SMILES string of the molecule is CN(C)c1ccccc1CN1CCC(C(=O)O)CC1. The summed E-state index contributed by atoms with van der Waals surface area (Å²) in [6.45, 7) is 2.65. The third kappa shape index (κ3) is 3.47. The standard InChI is InChI=1S/C15H22N2O2/c1-16(2)14-6-4-3-5-13(14)11-17-9-7-12(8-10-17)15(18)19/h3-6,12H,7-11H2,1-2H3,(H,18,19). The van der Waals surface area contributed by atoms with Crippen molar-refractivity contribution < 1.29 is 9.90 Å². The molecule has 0 spiro atoms. The zero-order chi connectivity index (χ0) is 13.8. The molecule has 4 heteroatoms. The molecule has 0 unspecified atom stereocenters. The normalized spacial score (nSPS) is 17.4. The zero-order valence-electron chi connectivity index (χ0n) is 11.7. The first kappa shape index (κ1) is 13.9. The van der Waals surface area contributed by atoms with E-state index in [4.69, 9.17) is 5.11 Å². The van der Waals surface area contributed by atoms with Crippen molar-refractivity contribution in [2.24, 2.45) is 5.92 Å². The molecule has 1 fully saturated rings. The van der Waals surface area contributed by atoms with Crippen molar-refractivity contribution in [3.63, 3.8) is 0 Å². The monoisotopic (exact) mass is 262 g/mol. The maximum atomic E-state index is 10.9. The van der Waals surface area contributed by atoms with Crippen LogP contribution in [0.15, 0.2) is 24.3 Å². The van der Waals surface area contributed by atoms with Crippen LogP contribution in [0.3, 0.4) is 0 Å². The average Bonchev–Trinajstić information content (AvgIpc) is 2.39. The van der Waals surface area contributed by atoms with Crippen molar-refractivity contribution in [2.75, 3.05) is 32.1 Å². The second kappa shape index (κ2) is 6.06. The molecule has 0 amide bonds. The van der Waals surface area contributed by atoms with Gasteiger partial charge in [-0.3, -0.25) is 9.69 Å². The van der Waals surface area contributed by atoms with Gasteiger partial charge in [-0.25, -0.2) is 0 Å². The predicted octanol–water partition coefficient (Wildman–Crippen LogP) is 2.05. The van der Waals surface area contributed by atoms with Crippen molar-refractivity contribution in [1.82, 2.24) is 4.90 Å². The van der Waals surface area contributed by atoms with Gasteiger partial charge in [0.2, 0.25) is 0 Å². The molecule has 1 aliphatic rings. The topological polar surface area (TPSA) is 43.8 Å². The fourth-order valence-corrected chi connectivity index (χ4v) is 2.66. The summed E-state index contributed by atoms with van der Waals surface area (Å²) in [5.41, 5.74) is 2.55. The number of carboxylic acid groups (broad SMARTS) is 1. The van der Waals surface area contributed by atoms with E-state index in [1.54, 1.807) is 0 Å². The molecule has 1 aromatic rings. The Morgan fingerprint density at radius 1 is 1.32 bits per heavy atom. The Balaban J connectivity index is 1.98. The number of likely N-dealkylation sites (tertiary alicyclic amines) is 1. The van der Waals surface area contributed by atoms with Gasteiger partial charge in [-0.2, -0.15) is 0 Å². The molecule has 0 radical (unpaired) electrons. The second-order valence-electron chi connectivity index (χ2n) is 5.41. The number of piperidine rings is 1. The molecule has 1 saturated heterocycles. The van der Waals surface area contributed by atoms with Gasteiger partial charge in [0.25, 0.3) is 0 Å². The highest BCUT2D eigenvalue weighted by molar-refractivity contribution is 5.70. The molecule has 1 heterocycles. The van der Waals surface area contributed by atoms with E-state index in [9.17, 15) is 4.79 Å². The Hall–Kier alpha value is -1.55. The van der Waals surface area contributed by atoms with Gasteiger partial charge in [-0.05, 0) is 37.6 Å². The van der Waals surface area contributed by atoms with Crippen LogP contribution < -0.4 is 4.90 Å². The highest BCUT2D eigenvalue weighted by Crippen LogP contribution is 2.23. The van der Waals surface area contributed by atoms with Gasteiger partial charge in [0, 0.05) is 26.3 Å². The van der Waals surface area contributed by atoms with Crippen molar-refractivity contribution in [2.45, 2.75) is 19.4 Å². The van der Waals surface area contributed by atoms with Crippen molar-refractivity contribution in [3.8, 4) is 0 Å². The average molecular weight is 262 g/mol. The number of anilines is 1. The lowest BCUT2D eigenvalue weighted by Gasteiger charge is -2.31. The molecule has 0 atom stereocenters. The van der Waals surface area contributed by atoms with Crippen molar-refractivity contribution in [3.05, 3.63) is 29.8 Å². The van der Waals surface area contributed by atoms with E-state index in [0.29, 0.717) is 0 Å². The van der Waals surface area contributed by atoms with E-state index < -0.39 is 5.97 Å². The molecule has 1 aromatic carbocycles. The molecule has 2 rings (SSSR count). The number of nitrogens with zero attached hydrogens (tertiary/aromatic N) is 2. The Labute approximate surface area is 114 Å². The van der Waals surface area contributed by atoms with Gasteiger partial charge in [0.05, 0.1) is 5.92 Å². The van der Waals surface area contributed by atoms with E-state index >= 15 is 0 Å². The highest BCUT2D eigenvalue weighted by Gasteiger charge is 2.24. The van der Waals surface area contributed by atoms with Crippen molar-refractivity contribution >= 4 is 11.7 Å². The lowest BCUT2D eigenvalue weighted by molar-refractivity contribution is -0.143. The second-order valence-corrected chi connectivity index (χ2v) is 5.41. The predicted molar refractivity (Wildman–Crippen MR) is 76.4 cm³/mol. The van der Waals surface area contributed by atoms with Crippen LogP contribution in [0.4, 0.5) is 5.69 Å². The number of benzene rings is 1. The van der Waals surface area contributed by atoms with Crippen LogP contribution in [0.1, 0.15) is 18.4 Å². The number of hydrogen-bond donors (Lipinski definition) is 1. The van der Waals surface area contributed by atoms with E-state index in [2.05, 4.69) is 48.2 Å². The quantitative estimate of drug-likeness (QED) is 0.902. The fraction of sp³-hybridized carbons (Fsp3) is 0.533. The molecule has 104 valence electrons. The zero-order valence-corrected chi connectivity index (χ0v) is 11.7. The van der Waals surface area contributed by atoms with E-state index in [1.165, 1.54) is 11.3 Å². The first-order valence-electron chi connectivity index (χ1n) is 6.78. The largest absolute Gasteiger partial charge is 0.481 e. The van der Waals surface area contributed by atoms with Gasteiger partial charge in [0.1, 0.15) is 0 Å². The summed E-state index contributed by atoms with van der Waals surface area (Å²) in [7, 11) is 4.10. The molecule has 1 aliphatic heterocycles. The molecule has 4 nitrogen and oxygen atoms in total. The summed E-state index contributed by atoms with van der Waals surface area (Å²) in [4.78, 5) is 15.4. The van der Waals surface area contributed by atoms with Gasteiger partial charge >= 0.3 is 5.97 Å². The minimum atomic E-state index is -0.645. The summed E-state index contributed by atoms with van der Waals surface area (Å²) < 4.78 is 0. The number of carbonyl (C=O) groups is 1. The van der Waals surface area contributed by atoms with Crippen LogP contribution in [-0.2, 0) is 11.3 Å². The van der Waals surface area contributed by atoms with Crippen molar-refractivity contribution in [1.29, 1.82) is 0 Å². The van der Waals surface area contributed by atoms with Crippen LogP contribution in [-0.4, -0.2) is 43.2 Å². The smallest absolute Gasteiger partial charge is 0.306 e. The molecule has 0 aliphatic carbocycles. The molecule has 0 aromatic heterocycles. The van der Waals surface area contributed by atoms with Crippen LogP contribution >= 0.6 is 0 Å². The molecular formula is C15H22N2O2. The third-order valence-electron chi connectivity index (χ3n) is 3.80. The molecule has 0 bridgehead atoms. The number of para-hydroxylation sites is 1. The summed E-state index contributed by atoms with van der Waals surface area (Å²) >= 11 is 0. The summed E-state index contributed by atoms with van der Waals surface area (Å²) in [5.74, 6) is -0.798. The Bertz CT molecular complexity index is 438. The summed E-state index contributed by atoms with van der Waals surface area (Å²) in [6, 6.07) is 8.39. The summed E-state index contributed by atoms with van der Waals surface area (Å²) in [6.07, 6.45) is 1.53. The maximum Gasteiger partial charge on any atom is 0.306 e. The Morgan fingerprint density at radius 2 is 1.95 bits per heavy atom. The first-order valence-corrected chi connectivity index (χ1v) is 6.78. The van der Waals surface area contributed by atoms with Gasteiger partial charge < -0.3 is 10.0 Å². The van der Waals surface area contributed by atoms with Gasteiger partial charge in [-0.15, -0.1) is 0 Å². The maximum absolute atomic E-state index is 10.9. The minimum absolute atomic E-state index is 0.152. The van der Waals surface area contributed by atoms with Gasteiger partial charge in [0.15, 0.2) is 0 Å². The number of aliphatic carboxylic acids is 1. The van der Waals surface area contributed by atoms with E-state index in [1.807, 2.05) is 0 Å². The lowest BCUT2D eigenvalue weighted by atomic mass is 9.96. The summed E-state index contributed by atoms with van der Waals surface area (Å²) in [5, 5.41) is 9.01. The number of rotatable bonds is 4. The fourth-order valence-electron chi connectivity index (χ4n) is 2.66. The Kier molecular flexibility index (Phi) is 4.43. The van der Waals surface area contributed by atoms with Crippen LogP contribution in [0.2, 0.25) is 0 Å². The molecule has 19 heavy (non-hydrogen) atoms. The van der Waals surface area contributed by atoms with E-state index in [0.717, 1.165) is 32.5 Å². The van der Waals surface area contributed by atoms with E-state index in [-0.39, 0.29) is 5.92 Å². The van der Waals surface area contributed by atoms with Crippen LogP contribution in [0.25, 0.3) is 0 Å².